The molecule has 1 aliphatic rings. The van der Waals surface area contributed by atoms with Crippen LogP contribution in [-0.2, 0) is 4.79 Å². The number of hydrogen-bond acceptors (Lipinski definition) is 5. The fourth-order valence-electron chi connectivity index (χ4n) is 3.91. The molecule has 0 radical (unpaired) electrons. The van der Waals surface area contributed by atoms with Gasteiger partial charge >= 0.3 is 0 Å². The Balaban J connectivity index is 1.82. The van der Waals surface area contributed by atoms with Crippen LogP contribution in [0.25, 0.3) is 17.2 Å². The topological polar surface area (TPSA) is 72.7 Å². The molecule has 0 bridgehead atoms. The van der Waals surface area contributed by atoms with Crippen LogP contribution >= 0.6 is 23.4 Å². The summed E-state index contributed by atoms with van der Waals surface area (Å²) in [6.45, 7) is 3.74. The second kappa shape index (κ2) is 8.61. The van der Waals surface area contributed by atoms with Crippen molar-refractivity contribution in [2.45, 2.75) is 19.1 Å². The molecular formula is C24H19ClFN5OS. The number of fused-ring (bicyclic) bond motifs is 1. The highest BCUT2D eigenvalue weighted by Crippen LogP contribution is 2.47. The molecule has 0 saturated carbocycles. The van der Waals surface area contributed by atoms with Crippen molar-refractivity contribution in [2.75, 3.05) is 11.1 Å². The van der Waals surface area contributed by atoms with Crippen molar-refractivity contribution < 1.29 is 9.18 Å². The zero-order chi connectivity index (χ0) is 23.1. The minimum absolute atomic E-state index is 0.168. The van der Waals surface area contributed by atoms with E-state index < -0.39 is 5.25 Å². The first-order chi connectivity index (χ1) is 15.9. The van der Waals surface area contributed by atoms with Gasteiger partial charge < -0.3 is 5.32 Å². The Hall–Kier alpha value is -3.23. The van der Waals surface area contributed by atoms with Crippen LogP contribution in [0.5, 0.6) is 0 Å². The van der Waals surface area contributed by atoms with E-state index in [1.165, 1.54) is 22.5 Å². The first-order valence-electron chi connectivity index (χ1n) is 10.3. The van der Waals surface area contributed by atoms with Crippen LogP contribution < -0.4 is 5.32 Å². The predicted octanol–water partition coefficient (Wildman–Crippen LogP) is 5.51. The summed E-state index contributed by atoms with van der Waals surface area (Å²) >= 11 is 7.47. The van der Waals surface area contributed by atoms with E-state index >= 15 is 0 Å². The van der Waals surface area contributed by atoms with Crippen molar-refractivity contribution in [3.63, 3.8) is 0 Å². The predicted molar refractivity (Wildman–Crippen MR) is 128 cm³/mol. The molecule has 1 aliphatic heterocycles. The van der Waals surface area contributed by atoms with Gasteiger partial charge in [-0.05, 0) is 38.1 Å². The largest absolute Gasteiger partial charge is 0.309 e. The number of carbonyl (C=O) groups is 1. The molecule has 1 N–H and O–H groups in total. The minimum atomic E-state index is -0.467. The summed E-state index contributed by atoms with van der Waals surface area (Å²) in [5.74, 6) is 0.402. The average Bonchev–Trinajstić information content (AvgIpc) is 3.05. The Labute approximate surface area is 199 Å². The zero-order valence-corrected chi connectivity index (χ0v) is 19.4. The highest BCUT2D eigenvalue weighted by atomic mass is 35.5. The number of rotatable bonds is 3. The molecule has 2 aromatic heterocycles. The third-order valence-corrected chi connectivity index (χ3v) is 6.79. The van der Waals surface area contributed by atoms with Gasteiger partial charge in [0.15, 0.2) is 0 Å². The maximum absolute atomic E-state index is 14.9. The third kappa shape index (κ3) is 4.12. The van der Waals surface area contributed by atoms with Crippen LogP contribution in [0.4, 0.5) is 10.2 Å². The van der Waals surface area contributed by atoms with Crippen molar-refractivity contribution in [1.82, 2.24) is 19.7 Å². The number of amides is 1. The van der Waals surface area contributed by atoms with Gasteiger partial charge in [0.2, 0.25) is 5.91 Å². The summed E-state index contributed by atoms with van der Waals surface area (Å²) in [7, 11) is 0. The lowest BCUT2D eigenvalue weighted by atomic mass is 9.99. The summed E-state index contributed by atoms with van der Waals surface area (Å²) in [6.07, 6.45) is 0. The monoisotopic (exact) mass is 479 g/mol. The van der Waals surface area contributed by atoms with Crippen LogP contribution in [0.2, 0.25) is 5.02 Å². The van der Waals surface area contributed by atoms with Gasteiger partial charge in [-0.3, -0.25) is 4.79 Å². The van der Waals surface area contributed by atoms with Gasteiger partial charge in [-0.2, -0.15) is 9.78 Å². The van der Waals surface area contributed by atoms with Crippen molar-refractivity contribution >= 4 is 35.1 Å². The lowest BCUT2D eigenvalue weighted by molar-refractivity contribution is -0.113. The average molecular weight is 480 g/mol. The van der Waals surface area contributed by atoms with Gasteiger partial charge in [0, 0.05) is 33.1 Å². The molecule has 0 saturated heterocycles. The maximum atomic E-state index is 14.9. The van der Waals surface area contributed by atoms with Gasteiger partial charge in [0.1, 0.15) is 11.6 Å². The van der Waals surface area contributed by atoms with Crippen LogP contribution in [0.15, 0.2) is 54.6 Å². The number of aromatic nitrogens is 4. The van der Waals surface area contributed by atoms with Crippen molar-refractivity contribution in [1.29, 1.82) is 0 Å². The number of carbonyl (C=O) groups excluding carboxylic acids is 1. The lowest BCUT2D eigenvalue weighted by Crippen LogP contribution is -2.17. The molecule has 5 rings (SSSR count). The molecule has 0 fully saturated rings. The van der Waals surface area contributed by atoms with Gasteiger partial charge in [-0.1, -0.05) is 41.9 Å². The van der Waals surface area contributed by atoms with Crippen molar-refractivity contribution in [3.05, 3.63) is 88.0 Å². The molecular weight excluding hydrogens is 461 g/mol. The first-order valence-corrected chi connectivity index (χ1v) is 11.7. The molecule has 0 unspecified atom stereocenters. The molecule has 0 aliphatic carbocycles. The van der Waals surface area contributed by atoms with Crippen LogP contribution in [0, 0.1) is 19.7 Å². The van der Waals surface area contributed by atoms with E-state index in [0.717, 1.165) is 17.0 Å². The van der Waals surface area contributed by atoms with Gasteiger partial charge in [-0.15, -0.1) is 11.8 Å². The Kier molecular flexibility index (Phi) is 5.64. The highest BCUT2D eigenvalue weighted by Gasteiger charge is 2.34. The quantitative estimate of drug-likeness (QED) is 0.419. The fourth-order valence-corrected chi connectivity index (χ4v) is 5.19. The second-order valence-electron chi connectivity index (χ2n) is 7.74. The van der Waals surface area contributed by atoms with E-state index in [2.05, 4.69) is 15.3 Å². The Morgan fingerprint density at radius 1 is 1.09 bits per heavy atom. The smallest absolute Gasteiger partial charge is 0.252 e. The summed E-state index contributed by atoms with van der Waals surface area (Å²) in [6, 6.07) is 15.7. The molecule has 166 valence electrons. The lowest BCUT2D eigenvalue weighted by Gasteiger charge is -2.17. The summed E-state index contributed by atoms with van der Waals surface area (Å²) in [5.41, 5.74) is 4.12. The first kappa shape index (κ1) is 21.6. The number of benzene rings is 2. The number of nitrogens with zero attached hydrogens (tertiary/aromatic N) is 4. The molecule has 6 nitrogen and oxygen atoms in total. The molecule has 4 aromatic rings. The van der Waals surface area contributed by atoms with Gasteiger partial charge in [0.25, 0.3) is 5.95 Å². The van der Waals surface area contributed by atoms with Crippen molar-refractivity contribution in [2.24, 2.45) is 0 Å². The summed E-state index contributed by atoms with van der Waals surface area (Å²) in [4.78, 5) is 21.8. The van der Waals surface area contributed by atoms with Crippen LogP contribution in [0.3, 0.4) is 0 Å². The number of anilines is 1. The Morgan fingerprint density at radius 3 is 2.48 bits per heavy atom. The van der Waals surface area contributed by atoms with Gasteiger partial charge in [-0.25, -0.2) is 14.4 Å². The fraction of sp³-hybridized carbons (Fsp3) is 0.167. The number of thioether (sulfide) groups is 1. The molecule has 2 aromatic carbocycles. The Bertz CT molecular complexity index is 1350. The van der Waals surface area contributed by atoms with Crippen LogP contribution in [-0.4, -0.2) is 31.4 Å². The summed E-state index contributed by atoms with van der Waals surface area (Å²) in [5, 5.41) is 7.91. The molecule has 0 spiro atoms. The Morgan fingerprint density at radius 2 is 1.79 bits per heavy atom. The molecule has 1 atom stereocenters. The zero-order valence-electron chi connectivity index (χ0n) is 17.8. The van der Waals surface area contributed by atoms with Gasteiger partial charge in [0.05, 0.1) is 16.7 Å². The number of hydrogen-bond donors (Lipinski definition) is 1. The molecule has 1 amide bonds. The normalized spacial score (nSPS) is 15.6. The molecule has 3 heterocycles. The SMILES string of the molecule is Cc1cc(C)nc(-n2nc(-c3ccc(Cl)cc3)c3c2NC(=O)CS[C@H]3c2ccccc2F)n1. The van der Waals surface area contributed by atoms with E-state index in [4.69, 9.17) is 16.7 Å². The maximum Gasteiger partial charge on any atom is 0.252 e. The number of nitrogens with one attached hydrogen (secondary N) is 1. The third-order valence-electron chi connectivity index (χ3n) is 5.29. The second-order valence-corrected chi connectivity index (χ2v) is 9.27. The minimum Gasteiger partial charge on any atom is -0.309 e. The van der Waals surface area contributed by atoms with Crippen molar-refractivity contribution in [3.8, 4) is 17.2 Å². The van der Waals surface area contributed by atoms with Crippen LogP contribution in [0.1, 0.15) is 27.8 Å². The number of halogens is 2. The summed E-state index contributed by atoms with van der Waals surface area (Å²) < 4.78 is 16.5. The van der Waals surface area contributed by atoms with E-state index in [0.29, 0.717) is 33.6 Å². The number of aryl methyl sites for hydroxylation is 2. The van der Waals surface area contributed by atoms with E-state index in [1.54, 1.807) is 30.3 Å². The standard InChI is InChI=1S/C24H19ClFN5OS/c1-13-11-14(2)28-24(27-13)31-23-20(21(30-31)15-7-9-16(25)10-8-15)22(33-12-19(32)29-23)17-5-3-4-6-18(17)26/h3-11,22H,12H2,1-2H3,(H,29,32)/t22-/m0/s1. The van der Waals surface area contributed by atoms with E-state index in [9.17, 15) is 9.18 Å². The van der Waals surface area contributed by atoms with E-state index in [-0.39, 0.29) is 17.5 Å². The highest BCUT2D eigenvalue weighted by molar-refractivity contribution is 8.00. The molecule has 9 heteroatoms. The van der Waals surface area contributed by atoms with E-state index in [1.807, 2.05) is 32.0 Å². The molecule has 33 heavy (non-hydrogen) atoms.